The number of nitrogens with zero attached hydrogens (tertiary/aromatic N) is 2. The average Bonchev–Trinajstić information content (AvgIpc) is 3.57. The first kappa shape index (κ1) is 26.7. The smallest absolute Gasteiger partial charge is 0.335 e. The molecule has 1 aromatic heterocycles. The lowest BCUT2D eigenvalue weighted by Gasteiger charge is -2.28. The number of carboxylic acids is 1. The summed E-state index contributed by atoms with van der Waals surface area (Å²) in [4.78, 5) is 26.1. The normalized spacial score (nSPS) is 21.0. The summed E-state index contributed by atoms with van der Waals surface area (Å²) in [5, 5.41) is 14.6. The highest BCUT2D eigenvalue weighted by atomic mass is 35.5. The Morgan fingerprint density at radius 3 is 2.45 bits per heavy atom. The van der Waals surface area contributed by atoms with Crippen molar-refractivity contribution in [1.82, 2.24) is 10.1 Å². The third-order valence-electron chi connectivity index (χ3n) is 7.62. The average molecular weight is 557 g/mol. The molecule has 2 aromatic carbocycles. The first-order chi connectivity index (χ1) is 18.2. The number of ether oxygens (including phenoxy) is 1. The number of carbonyl (C=O) groups excluding carboxylic acids is 1. The van der Waals surface area contributed by atoms with Crippen LogP contribution in [0.4, 0.5) is 0 Å². The van der Waals surface area contributed by atoms with Crippen LogP contribution in [0.2, 0.25) is 10.0 Å². The molecule has 0 radical (unpaired) electrons. The van der Waals surface area contributed by atoms with Crippen LogP contribution in [0.5, 0.6) is 0 Å². The van der Waals surface area contributed by atoms with Crippen LogP contribution in [0, 0.1) is 11.8 Å². The molecule has 1 N–H and O–H groups in total. The van der Waals surface area contributed by atoms with Crippen LogP contribution in [-0.4, -0.2) is 46.7 Å². The molecule has 3 aromatic rings. The summed E-state index contributed by atoms with van der Waals surface area (Å²) >= 11 is 13.0. The second-order valence-corrected chi connectivity index (χ2v) is 11.2. The van der Waals surface area contributed by atoms with Crippen molar-refractivity contribution in [3.8, 4) is 11.3 Å². The van der Waals surface area contributed by atoms with Gasteiger partial charge < -0.3 is 19.3 Å². The monoisotopic (exact) mass is 556 g/mol. The summed E-state index contributed by atoms with van der Waals surface area (Å²) in [6.45, 7) is 2.99. The van der Waals surface area contributed by atoms with Gasteiger partial charge in [0.05, 0.1) is 28.3 Å². The molecule has 2 aliphatic carbocycles. The minimum Gasteiger partial charge on any atom is -0.478 e. The van der Waals surface area contributed by atoms with E-state index >= 15 is 0 Å². The molecule has 2 saturated carbocycles. The molecule has 200 valence electrons. The molecule has 38 heavy (non-hydrogen) atoms. The van der Waals surface area contributed by atoms with Crippen LogP contribution in [0.1, 0.15) is 70.6 Å². The number of aromatic carboxylic acids is 1. The molecule has 7 nitrogen and oxygen atoms in total. The number of benzene rings is 2. The lowest BCUT2D eigenvalue weighted by Crippen LogP contribution is -2.36. The standard InChI is InChI=1S/C29H30Cl2N2O5/c1-16-9-10-20(14-33(2)28(34)18-5-3-6-19(13-18)29(35)36)26(16)37-15-21-25(32-38-27(21)17-11-12-17)24-22(30)7-4-8-23(24)31/h3-8,13,16-17,20,26H,9-12,14-15H2,1-2H3,(H,35,36). The molecule has 0 aliphatic heterocycles. The van der Waals surface area contributed by atoms with Crippen LogP contribution in [-0.2, 0) is 11.3 Å². The first-order valence-electron chi connectivity index (χ1n) is 12.9. The maximum absolute atomic E-state index is 13.1. The van der Waals surface area contributed by atoms with E-state index in [0.717, 1.165) is 37.0 Å². The van der Waals surface area contributed by atoms with Crippen LogP contribution in [0.3, 0.4) is 0 Å². The molecule has 0 saturated heterocycles. The highest BCUT2D eigenvalue weighted by Gasteiger charge is 2.38. The Morgan fingerprint density at radius 1 is 1.08 bits per heavy atom. The lowest BCUT2D eigenvalue weighted by atomic mass is 10.00. The molecule has 2 aliphatic rings. The van der Waals surface area contributed by atoms with Crippen LogP contribution in [0.15, 0.2) is 47.0 Å². The molecule has 1 heterocycles. The van der Waals surface area contributed by atoms with Gasteiger partial charge in [-0.15, -0.1) is 0 Å². The van der Waals surface area contributed by atoms with E-state index in [4.69, 9.17) is 32.5 Å². The minimum absolute atomic E-state index is 0.0628. The van der Waals surface area contributed by atoms with E-state index < -0.39 is 5.97 Å². The van der Waals surface area contributed by atoms with Gasteiger partial charge in [0.25, 0.3) is 5.91 Å². The fraction of sp³-hybridized carbons (Fsp3) is 0.414. The van der Waals surface area contributed by atoms with Crippen molar-refractivity contribution in [2.24, 2.45) is 11.8 Å². The van der Waals surface area contributed by atoms with Gasteiger partial charge in [-0.3, -0.25) is 4.79 Å². The maximum Gasteiger partial charge on any atom is 0.335 e. The van der Waals surface area contributed by atoms with Gasteiger partial charge in [0.2, 0.25) is 0 Å². The van der Waals surface area contributed by atoms with Gasteiger partial charge in [-0.25, -0.2) is 4.79 Å². The Morgan fingerprint density at radius 2 is 1.76 bits per heavy atom. The third kappa shape index (κ3) is 5.46. The van der Waals surface area contributed by atoms with Crippen LogP contribution < -0.4 is 0 Å². The molecule has 5 rings (SSSR count). The number of amides is 1. The van der Waals surface area contributed by atoms with E-state index in [-0.39, 0.29) is 23.5 Å². The first-order valence-corrected chi connectivity index (χ1v) is 13.6. The second-order valence-electron chi connectivity index (χ2n) is 10.4. The molecule has 1 amide bonds. The van der Waals surface area contributed by atoms with Crippen molar-refractivity contribution in [2.75, 3.05) is 13.6 Å². The molecule has 3 atom stereocenters. The number of rotatable bonds is 9. The van der Waals surface area contributed by atoms with Crippen LogP contribution >= 0.6 is 23.2 Å². The van der Waals surface area contributed by atoms with Gasteiger partial charge in [-0.1, -0.05) is 47.4 Å². The van der Waals surface area contributed by atoms with Gasteiger partial charge in [0.1, 0.15) is 11.5 Å². The third-order valence-corrected chi connectivity index (χ3v) is 8.25. The van der Waals surface area contributed by atoms with Crippen molar-refractivity contribution < 1.29 is 24.0 Å². The summed E-state index contributed by atoms with van der Waals surface area (Å²) < 4.78 is 12.4. The van der Waals surface area contributed by atoms with Gasteiger partial charge >= 0.3 is 5.97 Å². The van der Waals surface area contributed by atoms with E-state index in [2.05, 4.69) is 12.1 Å². The summed E-state index contributed by atoms with van der Waals surface area (Å²) in [6.07, 6.45) is 3.97. The highest BCUT2D eigenvalue weighted by molar-refractivity contribution is 6.39. The van der Waals surface area contributed by atoms with E-state index in [0.29, 0.717) is 51.9 Å². The van der Waals surface area contributed by atoms with Crippen molar-refractivity contribution in [3.63, 3.8) is 0 Å². The number of aromatic nitrogens is 1. The summed E-state index contributed by atoms with van der Waals surface area (Å²) in [6, 6.07) is 11.5. The molecule has 3 unspecified atom stereocenters. The number of halogens is 2. The Bertz CT molecular complexity index is 1330. The van der Waals surface area contributed by atoms with Crippen molar-refractivity contribution in [3.05, 3.63) is 75.0 Å². The Kier molecular flexibility index (Phi) is 7.80. The molecular weight excluding hydrogens is 527 g/mol. The minimum atomic E-state index is -1.06. The molecular formula is C29H30Cl2N2O5. The van der Waals surface area contributed by atoms with Gasteiger partial charge in [-0.2, -0.15) is 0 Å². The van der Waals surface area contributed by atoms with Crippen molar-refractivity contribution in [1.29, 1.82) is 0 Å². The van der Waals surface area contributed by atoms with Gasteiger partial charge in [-0.05, 0) is 61.9 Å². The predicted octanol–water partition coefficient (Wildman–Crippen LogP) is 6.93. The second kappa shape index (κ2) is 11.1. The van der Waals surface area contributed by atoms with Gasteiger partial charge in [0, 0.05) is 42.1 Å². The molecule has 0 bridgehead atoms. The maximum atomic E-state index is 13.1. The lowest BCUT2D eigenvalue weighted by molar-refractivity contribution is -0.0133. The quantitative estimate of drug-likeness (QED) is 0.307. The number of carboxylic acid groups (broad SMARTS) is 1. The number of hydrogen-bond donors (Lipinski definition) is 1. The Labute approximate surface area is 231 Å². The summed E-state index contributed by atoms with van der Waals surface area (Å²) in [5.74, 6) is 0.352. The largest absolute Gasteiger partial charge is 0.478 e. The Balaban J connectivity index is 1.32. The topological polar surface area (TPSA) is 92.9 Å². The van der Waals surface area contributed by atoms with E-state index in [1.54, 1.807) is 42.3 Å². The van der Waals surface area contributed by atoms with E-state index in [1.807, 2.05) is 0 Å². The number of hydrogen-bond acceptors (Lipinski definition) is 5. The van der Waals surface area contributed by atoms with Crippen molar-refractivity contribution >= 4 is 35.1 Å². The zero-order chi connectivity index (χ0) is 27.0. The summed E-state index contributed by atoms with van der Waals surface area (Å²) in [5.41, 5.74) is 2.60. The van der Waals surface area contributed by atoms with Crippen LogP contribution in [0.25, 0.3) is 11.3 Å². The SMILES string of the molecule is CC1CCC(CN(C)C(=O)c2cccc(C(=O)O)c2)C1OCc1c(-c2c(Cl)cccc2Cl)noc1C1CC1. The molecule has 2 fully saturated rings. The van der Waals surface area contributed by atoms with E-state index in [9.17, 15) is 14.7 Å². The zero-order valence-electron chi connectivity index (χ0n) is 21.3. The molecule has 9 heteroatoms. The van der Waals surface area contributed by atoms with Crippen molar-refractivity contribution in [2.45, 2.75) is 51.2 Å². The summed E-state index contributed by atoms with van der Waals surface area (Å²) in [7, 11) is 1.75. The molecule has 0 spiro atoms. The Hall–Kier alpha value is -2.87. The highest BCUT2D eigenvalue weighted by Crippen LogP contribution is 2.46. The van der Waals surface area contributed by atoms with Gasteiger partial charge in [0.15, 0.2) is 0 Å². The zero-order valence-corrected chi connectivity index (χ0v) is 22.8. The fourth-order valence-electron chi connectivity index (χ4n) is 5.43. The number of carbonyl (C=O) groups is 2. The predicted molar refractivity (Wildman–Crippen MR) is 145 cm³/mol. The fourth-order valence-corrected chi connectivity index (χ4v) is 6.01. The van der Waals surface area contributed by atoms with E-state index in [1.165, 1.54) is 12.1 Å².